The summed E-state index contributed by atoms with van der Waals surface area (Å²) in [4.78, 5) is 4.44. The van der Waals surface area contributed by atoms with Gasteiger partial charge in [-0.2, -0.15) is 0 Å². The molecule has 96 valence electrons. The van der Waals surface area contributed by atoms with Crippen LogP contribution in [-0.4, -0.2) is 19.7 Å². The third-order valence-corrected chi connectivity index (χ3v) is 6.20. The smallest absolute Gasteiger partial charge is 0.156 e. The van der Waals surface area contributed by atoms with Gasteiger partial charge in [0.1, 0.15) is 10.3 Å². The van der Waals surface area contributed by atoms with E-state index in [0.717, 1.165) is 31.4 Å². The molecule has 2 N–H and O–H groups in total. The number of sulfone groups is 1. The standard InChI is InChI=1S/C11H18N2O2S2/c1-8(17(2,14)15)10-13-9(7-16-10)11(12)5-3-4-6-11/h7-8H,3-6,12H2,1-2H3. The largest absolute Gasteiger partial charge is 0.320 e. The highest BCUT2D eigenvalue weighted by Gasteiger charge is 2.34. The second-order valence-electron chi connectivity index (χ2n) is 4.91. The van der Waals surface area contributed by atoms with Crippen LogP contribution in [0, 0.1) is 0 Å². The fraction of sp³-hybridized carbons (Fsp3) is 0.727. The Morgan fingerprint density at radius 1 is 1.47 bits per heavy atom. The molecular weight excluding hydrogens is 256 g/mol. The Hall–Kier alpha value is -0.460. The minimum absolute atomic E-state index is 0.327. The lowest BCUT2D eigenvalue weighted by atomic mass is 9.96. The van der Waals surface area contributed by atoms with Crippen LogP contribution in [0.3, 0.4) is 0 Å². The zero-order valence-electron chi connectivity index (χ0n) is 10.1. The molecule has 1 saturated carbocycles. The van der Waals surface area contributed by atoms with Gasteiger partial charge in [0.2, 0.25) is 0 Å². The molecule has 1 heterocycles. The van der Waals surface area contributed by atoms with E-state index in [1.807, 2.05) is 5.38 Å². The molecule has 0 aliphatic heterocycles. The van der Waals surface area contributed by atoms with Crippen molar-refractivity contribution < 1.29 is 8.42 Å². The van der Waals surface area contributed by atoms with Crippen LogP contribution in [-0.2, 0) is 15.4 Å². The average Bonchev–Trinajstić information content (AvgIpc) is 2.84. The van der Waals surface area contributed by atoms with Crippen molar-refractivity contribution in [2.75, 3.05) is 6.26 Å². The number of nitrogens with zero attached hydrogens (tertiary/aromatic N) is 1. The first-order valence-corrected chi connectivity index (χ1v) is 8.60. The number of thiazole rings is 1. The van der Waals surface area contributed by atoms with Crippen molar-refractivity contribution in [1.29, 1.82) is 0 Å². The molecule has 1 fully saturated rings. The molecule has 4 nitrogen and oxygen atoms in total. The number of rotatable bonds is 3. The van der Waals surface area contributed by atoms with Crippen molar-refractivity contribution >= 4 is 21.2 Å². The van der Waals surface area contributed by atoms with Crippen LogP contribution in [0.25, 0.3) is 0 Å². The molecular formula is C11H18N2O2S2. The number of nitrogens with two attached hydrogens (primary N) is 1. The number of hydrogen-bond donors (Lipinski definition) is 1. The van der Waals surface area contributed by atoms with E-state index in [1.165, 1.54) is 17.6 Å². The highest BCUT2D eigenvalue weighted by molar-refractivity contribution is 7.91. The van der Waals surface area contributed by atoms with Gasteiger partial charge in [-0.05, 0) is 19.8 Å². The molecule has 1 unspecified atom stereocenters. The summed E-state index contributed by atoms with van der Waals surface area (Å²) in [6, 6.07) is 0. The van der Waals surface area contributed by atoms with Crippen molar-refractivity contribution in [2.45, 2.75) is 43.4 Å². The van der Waals surface area contributed by atoms with Crippen molar-refractivity contribution in [2.24, 2.45) is 5.73 Å². The highest BCUT2D eigenvalue weighted by atomic mass is 32.2. The molecule has 1 aromatic rings. The van der Waals surface area contributed by atoms with Gasteiger partial charge in [-0.25, -0.2) is 13.4 Å². The van der Waals surface area contributed by atoms with Crippen molar-refractivity contribution in [3.05, 3.63) is 16.1 Å². The lowest BCUT2D eigenvalue weighted by Gasteiger charge is -2.20. The van der Waals surface area contributed by atoms with Gasteiger partial charge in [-0.15, -0.1) is 11.3 Å². The first-order chi connectivity index (χ1) is 7.83. The molecule has 1 aromatic heterocycles. The van der Waals surface area contributed by atoms with Crippen molar-refractivity contribution in [3.63, 3.8) is 0 Å². The Balaban J connectivity index is 2.27. The van der Waals surface area contributed by atoms with Crippen molar-refractivity contribution in [3.8, 4) is 0 Å². The van der Waals surface area contributed by atoms with Gasteiger partial charge in [0.15, 0.2) is 9.84 Å². The third kappa shape index (κ3) is 2.53. The summed E-state index contributed by atoms with van der Waals surface area (Å²) in [5.41, 5.74) is 6.84. The van der Waals surface area contributed by atoms with E-state index in [2.05, 4.69) is 4.98 Å². The van der Waals surface area contributed by atoms with E-state index in [9.17, 15) is 8.42 Å². The normalized spacial score (nSPS) is 21.6. The summed E-state index contributed by atoms with van der Waals surface area (Å²) in [6.45, 7) is 1.68. The predicted molar refractivity (Wildman–Crippen MR) is 69.7 cm³/mol. The molecule has 0 bridgehead atoms. The Kier molecular flexibility index (Phi) is 3.31. The molecule has 6 heteroatoms. The van der Waals surface area contributed by atoms with Gasteiger partial charge in [0, 0.05) is 11.6 Å². The van der Waals surface area contributed by atoms with Gasteiger partial charge in [0.05, 0.1) is 11.2 Å². The molecule has 0 radical (unpaired) electrons. The van der Waals surface area contributed by atoms with E-state index in [1.54, 1.807) is 6.92 Å². The minimum atomic E-state index is -3.08. The molecule has 0 spiro atoms. The maximum absolute atomic E-state index is 11.5. The van der Waals surface area contributed by atoms with Gasteiger partial charge in [-0.1, -0.05) is 12.8 Å². The molecule has 1 aliphatic rings. The van der Waals surface area contributed by atoms with E-state index >= 15 is 0 Å². The quantitative estimate of drug-likeness (QED) is 0.914. The Labute approximate surface area is 106 Å². The van der Waals surface area contributed by atoms with Gasteiger partial charge >= 0.3 is 0 Å². The monoisotopic (exact) mass is 274 g/mol. The minimum Gasteiger partial charge on any atom is -0.320 e. The highest BCUT2D eigenvalue weighted by Crippen LogP contribution is 2.37. The summed E-state index contributed by atoms with van der Waals surface area (Å²) in [5.74, 6) is 0. The molecule has 0 aromatic carbocycles. The second-order valence-corrected chi connectivity index (χ2v) is 8.16. The molecule has 1 atom stereocenters. The van der Waals surface area contributed by atoms with E-state index < -0.39 is 15.1 Å². The van der Waals surface area contributed by atoms with Gasteiger partial charge in [-0.3, -0.25) is 0 Å². The predicted octanol–water partition coefficient (Wildman–Crippen LogP) is 1.98. The SMILES string of the molecule is CC(c1nc(C2(N)CCCC2)cs1)S(C)(=O)=O. The molecule has 0 saturated heterocycles. The summed E-state index contributed by atoms with van der Waals surface area (Å²) in [5, 5.41) is 2.04. The van der Waals surface area contributed by atoms with E-state index in [0.29, 0.717) is 5.01 Å². The maximum Gasteiger partial charge on any atom is 0.156 e. The van der Waals surface area contributed by atoms with E-state index in [4.69, 9.17) is 5.73 Å². The summed E-state index contributed by atoms with van der Waals surface area (Å²) < 4.78 is 23.0. The van der Waals surface area contributed by atoms with E-state index in [-0.39, 0.29) is 5.54 Å². The lowest BCUT2D eigenvalue weighted by molar-refractivity contribution is 0.448. The Morgan fingerprint density at radius 3 is 2.59 bits per heavy atom. The second kappa shape index (κ2) is 4.33. The van der Waals surface area contributed by atoms with Crippen LogP contribution in [0.4, 0.5) is 0 Å². The summed E-state index contributed by atoms with van der Waals surface area (Å²) >= 11 is 1.40. The van der Waals surface area contributed by atoms with Crippen LogP contribution < -0.4 is 5.73 Å². The first-order valence-electron chi connectivity index (χ1n) is 5.76. The van der Waals surface area contributed by atoms with Crippen LogP contribution in [0.15, 0.2) is 5.38 Å². The molecule has 17 heavy (non-hydrogen) atoms. The number of aromatic nitrogens is 1. The third-order valence-electron chi connectivity index (χ3n) is 3.52. The Morgan fingerprint density at radius 2 is 2.06 bits per heavy atom. The fourth-order valence-corrected chi connectivity index (χ4v) is 4.12. The van der Waals surface area contributed by atoms with Crippen LogP contribution in [0.1, 0.15) is 48.6 Å². The average molecular weight is 274 g/mol. The van der Waals surface area contributed by atoms with Crippen LogP contribution in [0.2, 0.25) is 0 Å². The van der Waals surface area contributed by atoms with Crippen LogP contribution in [0.5, 0.6) is 0 Å². The first kappa shape index (κ1) is 13.0. The topological polar surface area (TPSA) is 73.0 Å². The zero-order chi connectivity index (χ0) is 12.7. The fourth-order valence-electron chi connectivity index (χ4n) is 2.15. The summed E-state index contributed by atoms with van der Waals surface area (Å²) in [6.07, 6.45) is 5.40. The zero-order valence-corrected chi connectivity index (χ0v) is 11.8. The van der Waals surface area contributed by atoms with Gasteiger partial charge in [0.25, 0.3) is 0 Å². The van der Waals surface area contributed by atoms with Gasteiger partial charge < -0.3 is 5.73 Å². The molecule has 0 amide bonds. The number of hydrogen-bond acceptors (Lipinski definition) is 5. The lowest BCUT2D eigenvalue weighted by Crippen LogP contribution is -2.33. The van der Waals surface area contributed by atoms with Crippen LogP contribution >= 0.6 is 11.3 Å². The molecule has 2 rings (SSSR count). The summed E-state index contributed by atoms with van der Waals surface area (Å²) in [7, 11) is -3.08. The maximum atomic E-state index is 11.5. The Bertz CT molecular complexity index is 501. The van der Waals surface area contributed by atoms with Crippen molar-refractivity contribution in [1.82, 2.24) is 4.98 Å². The molecule has 1 aliphatic carbocycles.